The van der Waals surface area contributed by atoms with E-state index in [-0.39, 0.29) is 12.5 Å². The molecule has 1 amide bonds. The van der Waals surface area contributed by atoms with E-state index in [9.17, 15) is 4.79 Å². The number of aliphatic hydroxyl groups is 1. The van der Waals surface area contributed by atoms with Crippen molar-refractivity contribution in [1.82, 2.24) is 5.32 Å². The zero-order valence-corrected chi connectivity index (χ0v) is 12.4. The van der Waals surface area contributed by atoms with E-state index in [4.69, 9.17) is 10.8 Å². The van der Waals surface area contributed by atoms with Crippen LogP contribution < -0.4 is 11.1 Å². The van der Waals surface area contributed by atoms with Gasteiger partial charge in [-0.25, -0.2) is 0 Å². The second-order valence-corrected chi connectivity index (χ2v) is 5.31. The number of hydrogen-bond donors (Lipinski definition) is 3. The van der Waals surface area contributed by atoms with Crippen molar-refractivity contribution in [3.63, 3.8) is 0 Å². The molecule has 0 aliphatic rings. The lowest BCUT2D eigenvalue weighted by Crippen LogP contribution is -2.23. The van der Waals surface area contributed by atoms with Gasteiger partial charge in [0.25, 0.3) is 5.91 Å². The Balaban J connectivity index is 2.06. The van der Waals surface area contributed by atoms with E-state index in [0.29, 0.717) is 17.8 Å². The van der Waals surface area contributed by atoms with Crippen LogP contribution in [0.2, 0.25) is 0 Å². The molecule has 4 nitrogen and oxygen atoms in total. The first-order chi connectivity index (χ1) is 9.60. The summed E-state index contributed by atoms with van der Waals surface area (Å²) in [5, 5.41) is 11.9. The molecule has 0 aliphatic carbocycles. The highest BCUT2D eigenvalue weighted by Crippen LogP contribution is 2.18. The molecule has 0 unspecified atom stereocenters. The third-order valence-corrected chi connectivity index (χ3v) is 3.38. The number of benzene rings is 2. The molecule has 0 aromatic heterocycles. The van der Waals surface area contributed by atoms with Gasteiger partial charge in [0, 0.05) is 16.7 Å². The SMILES string of the molecule is Nc1ccc(Br)cc1C(=O)NCc1cccc(CO)c1. The summed E-state index contributed by atoms with van der Waals surface area (Å²) in [6.07, 6.45) is 0. The maximum Gasteiger partial charge on any atom is 0.253 e. The van der Waals surface area contributed by atoms with Gasteiger partial charge < -0.3 is 16.2 Å². The van der Waals surface area contributed by atoms with Crippen molar-refractivity contribution >= 4 is 27.5 Å². The number of amides is 1. The highest BCUT2D eigenvalue weighted by Gasteiger charge is 2.09. The number of carbonyl (C=O) groups excluding carboxylic acids is 1. The molecule has 20 heavy (non-hydrogen) atoms. The molecule has 104 valence electrons. The summed E-state index contributed by atoms with van der Waals surface area (Å²) in [5.74, 6) is -0.224. The first-order valence-electron chi connectivity index (χ1n) is 6.12. The van der Waals surface area contributed by atoms with Crippen LogP contribution in [0.25, 0.3) is 0 Å². The van der Waals surface area contributed by atoms with Gasteiger partial charge in [-0.3, -0.25) is 4.79 Å². The molecule has 2 aromatic carbocycles. The van der Waals surface area contributed by atoms with Gasteiger partial charge >= 0.3 is 0 Å². The van der Waals surface area contributed by atoms with E-state index in [1.54, 1.807) is 18.2 Å². The lowest BCUT2D eigenvalue weighted by Gasteiger charge is -2.09. The molecule has 0 bridgehead atoms. The number of hydrogen-bond acceptors (Lipinski definition) is 3. The molecule has 0 spiro atoms. The molecule has 0 radical (unpaired) electrons. The standard InChI is InChI=1S/C15H15BrN2O2/c16-12-4-5-14(17)13(7-12)15(20)18-8-10-2-1-3-11(6-10)9-19/h1-7,19H,8-9,17H2,(H,18,20). The fraction of sp³-hybridized carbons (Fsp3) is 0.133. The maximum absolute atomic E-state index is 12.1. The molecule has 0 saturated heterocycles. The molecular formula is C15H15BrN2O2. The van der Waals surface area contributed by atoms with E-state index < -0.39 is 0 Å². The van der Waals surface area contributed by atoms with Crippen molar-refractivity contribution in [2.24, 2.45) is 0 Å². The van der Waals surface area contributed by atoms with Gasteiger partial charge in [0.15, 0.2) is 0 Å². The minimum Gasteiger partial charge on any atom is -0.398 e. The summed E-state index contributed by atoms with van der Waals surface area (Å²) in [4.78, 5) is 12.1. The van der Waals surface area contributed by atoms with Crippen LogP contribution in [-0.4, -0.2) is 11.0 Å². The number of nitrogen functional groups attached to an aromatic ring is 1. The van der Waals surface area contributed by atoms with E-state index in [1.165, 1.54) is 0 Å². The number of anilines is 1. The van der Waals surface area contributed by atoms with Gasteiger partial charge in [0.1, 0.15) is 0 Å². The predicted molar refractivity (Wildman–Crippen MR) is 82.1 cm³/mol. The Morgan fingerprint density at radius 1 is 1.20 bits per heavy atom. The molecule has 5 heteroatoms. The van der Waals surface area contributed by atoms with Crippen molar-refractivity contribution in [2.45, 2.75) is 13.2 Å². The number of carbonyl (C=O) groups is 1. The second kappa shape index (κ2) is 6.54. The Morgan fingerprint density at radius 2 is 1.95 bits per heavy atom. The minimum absolute atomic E-state index is 0.0135. The number of rotatable bonds is 4. The van der Waals surface area contributed by atoms with Crippen LogP contribution in [0.5, 0.6) is 0 Å². The fourth-order valence-corrected chi connectivity index (χ4v) is 2.20. The van der Waals surface area contributed by atoms with Gasteiger partial charge in [-0.2, -0.15) is 0 Å². The molecule has 0 fully saturated rings. The van der Waals surface area contributed by atoms with E-state index >= 15 is 0 Å². The predicted octanol–water partition coefficient (Wildman–Crippen LogP) is 2.45. The zero-order valence-electron chi connectivity index (χ0n) is 10.8. The molecule has 0 atom stereocenters. The normalized spacial score (nSPS) is 10.3. The molecular weight excluding hydrogens is 320 g/mol. The smallest absolute Gasteiger partial charge is 0.253 e. The summed E-state index contributed by atoms with van der Waals surface area (Å²) in [7, 11) is 0. The summed E-state index contributed by atoms with van der Waals surface area (Å²) in [6, 6.07) is 12.6. The molecule has 0 heterocycles. The monoisotopic (exact) mass is 334 g/mol. The average molecular weight is 335 g/mol. The number of aliphatic hydroxyl groups excluding tert-OH is 1. The summed E-state index contributed by atoms with van der Waals surface area (Å²) in [5.41, 5.74) is 8.42. The number of nitrogens with one attached hydrogen (secondary N) is 1. The summed E-state index contributed by atoms with van der Waals surface area (Å²) in [6.45, 7) is 0.374. The highest BCUT2D eigenvalue weighted by atomic mass is 79.9. The van der Waals surface area contributed by atoms with Crippen LogP contribution >= 0.6 is 15.9 Å². The first-order valence-corrected chi connectivity index (χ1v) is 6.91. The summed E-state index contributed by atoms with van der Waals surface area (Å²) >= 11 is 3.32. The van der Waals surface area contributed by atoms with Gasteiger partial charge in [0.2, 0.25) is 0 Å². The maximum atomic E-state index is 12.1. The van der Waals surface area contributed by atoms with Crippen LogP contribution in [0.1, 0.15) is 21.5 Å². The highest BCUT2D eigenvalue weighted by molar-refractivity contribution is 9.10. The Labute approximate surface area is 125 Å². The fourth-order valence-electron chi connectivity index (χ4n) is 1.84. The zero-order chi connectivity index (χ0) is 14.5. The van der Waals surface area contributed by atoms with E-state index in [0.717, 1.165) is 15.6 Å². The average Bonchev–Trinajstić information content (AvgIpc) is 2.47. The molecule has 4 N–H and O–H groups in total. The topological polar surface area (TPSA) is 75.4 Å². The van der Waals surface area contributed by atoms with E-state index in [1.807, 2.05) is 24.3 Å². The Morgan fingerprint density at radius 3 is 2.70 bits per heavy atom. The Kier molecular flexibility index (Phi) is 4.76. The molecule has 2 rings (SSSR count). The van der Waals surface area contributed by atoms with Gasteiger partial charge in [-0.05, 0) is 29.3 Å². The lowest BCUT2D eigenvalue weighted by molar-refractivity contribution is 0.0951. The van der Waals surface area contributed by atoms with Crippen LogP contribution in [0.3, 0.4) is 0 Å². The van der Waals surface area contributed by atoms with Crippen LogP contribution in [-0.2, 0) is 13.2 Å². The van der Waals surface area contributed by atoms with Gasteiger partial charge in [0.05, 0.1) is 12.2 Å². The minimum atomic E-state index is -0.224. The van der Waals surface area contributed by atoms with Crippen molar-refractivity contribution in [2.75, 3.05) is 5.73 Å². The Bertz CT molecular complexity index is 629. The third kappa shape index (κ3) is 3.59. The van der Waals surface area contributed by atoms with Crippen molar-refractivity contribution in [3.8, 4) is 0 Å². The van der Waals surface area contributed by atoms with Gasteiger partial charge in [-0.1, -0.05) is 40.2 Å². The molecule has 2 aromatic rings. The first kappa shape index (κ1) is 14.6. The van der Waals surface area contributed by atoms with Crippen LogP contribution in [0.15, 0.2) is 46.9 Å². The van der Waals surface area contributed by atoms with Crippen LogP contribution in [0, 0.1) is 0 Å². The second-order valence-electron chi connectivity index (χ2n) is 4.39. The quantitative estimate of drug-likeness (QED) is 0.752. The largest absolute Gasteiger partial charge is 0.398 e. The number of halogens is 1. The Hall–Kier alpha value is -1.85. The van der Waals surface area contributed by atoms with Crippen molar-refractivity contribution in [3.05, 3.63) is 63.6 Å². The van der Waals surface area contributed by atoms with Crippen molar-refractivity contribution in [1.29, 1.82) is 0 Å². The van der Waals surface area contributed by atoms with Crippen LogP contribution in [0.4, 0.5) is 5.69 Å². The van der Waals surface area contributed by atoms with E-state index in [2.05, 4.69) is 21.2 Å². The lowest BCUT2D eigenvalue weighted by atomic mass is 10.1. The van der Waals surface area contributed by atoms with Gasteiger partial charge in [-0.15, -0.1) is 0 Å². The van der Waals surface area contributed by atoms with Crippen molar-refractivity contribution < 1.29 is 9.90 Å². The number of nitrogens with two attached hydrogens (primary N) is 1. The molecule has 0 aliphatic heterocycles. The third-order valence-electron chi connectivity index (χ3n) is 2.89. The molecule has 0 saturated carbocycles. The summed E-state index contributed by atoms with van der Waals surface area (Å²) < 4.78 is 0.805.